The largest absolute Gasteiger partial charge is 0.386 e. The lowest BCUT2D eigenvalue weighted by atomic mass is 10.2. The summed E-state index contributed by atoms with van der Waals surface area (Å²) < 4.78 is 12.4. The fraction of sp³-hybridized carbons (Fsp3) is 0.300. The predicted octanol–water partition coefficient (Wildman–Crippen LogP) is 1.67. The van der Waals surface area contributed by atoms with Crippen LogP contribution < -0.4 is 0 Å². The Labute approximate surface area is 76.4 Å². The molecule has 1 heterocycles. The lowest BCUT2D eigenvalue weighted by molar-refractivity contribution is 0.179. The van der Waals surface area contributed by atoms with Gasteiger partial charge in [-0.05, 0) is 19.1 Å². The second-order valence-electron chi connectivity index (χ2n) is 2.55. The van der Waals surface area contributed by atoms with E-state index in [1.165, 1.54) is 12.1 Å². The Bertz CT molecular complexity index is 323. The Balaban J connectivity index is 2.69. The molecular formula is C10H10FNO. The Morgan fingerprint density at radius 3 is 2.92 bits per heavy atom. The Kier molecular flexibility index (Phi) is 3.41. The first-order chi connectivity index (χ1) is 6.24. The van der Waals surface area contributed by atoms with Gasteiger partial charge in [0.1, 0.15) is 11.9 Å². The fourth-order valence-electron chi connectivity index (χ4n) is 0.888. The Hall–Kier alpha value is -1.40. The highest BCUT2D eigenvalue weighted by Gasteiger charge is 2.06. The summed E-state index contributed by atoms with van der Waals surface area (Å²) in [6, 6.07) is 2.72. The molecule has 0 bridgehead atoms. The number of aliphatic hydroxyl groups is 1. The molecular weight excluding hydrogens is 169 g/mol. The molecule has 0 saturated carbocycles. The molecule has 0 aliphatic rings. The molecule has 13 heavy (non-hydrogen) atoms. The number of aliphatic hydroxyl groups excluding tert-OH is 1. The van der Waals surface area contributed by atoms with Crippen molar-refractivity contribution in [2.75, 3.05) is 0 Å². The number of nitrogens with zero attached hydrogens (tertiary/aromatic N) is 1. The van der Waals surface area contributed by atoms with Crippen molar-refractivity contribution in [3.63, 3.8) is 0 Å². The van der Waals surface area contributed by atoms with Gasteiger partial charge in [-0.25, -0.2) is 4.39 Å². The molecule has 2 nitrogen and oxygen atoms in total. The fourth-order valence-corrected chi connectivity index (χ4v) is 0.888. The standard InChI is InChI=1S/C10H10FNO/c1-2-3-4-10(13)9-6-5-8(11)7-12-9/h5-7,10,13H,4H2,1H3. The van der Waals surface area contributed by atoms with E-state index in [1.807, 2.05) is 0 Å². The average Bonchev–Trinajstić information content (AvgIpc) is 2.15. The molecule has 0 aliphatic heterocycles. The first-order valence-corrected chi connectivity index (χ1v) is 3.93. The smallest absolute Gasteiger partial charge is 0.141 e. The van der Waals surface area contributed by atoms with Crippen molar-refractivity contribution >= 4 is 0 Å². The van der Waals surface area contributed by atoms with Crippen molar-refractivity contribution in [3.05, 3.63) is 29.8 Å². The molecule has 0 radical (unpaired) electrons. The monoisotopic (exact) mass is 179 g/mol. The molecule has 3 heteroatoms. The number of rotatable bonds is 2. The van der Waals surface area contributed by atoms with Gasteiger partial charge in [0.15, 0.2) is 0 Å². The van der Waals surface area contributed by atoms with Crippen LogP contribution in [-0.2, 0) is 0 Å². The maximum absolute atomic E-state index is 12.4. The van der Waals surface area contributed by atoms with Gasteiger partial charge in [-0.1, -0.05) is 0 Å². The zero-order chi connectivity index (χ0) is 9.68. The van der Waals surface area contributed by atoms with E-state index in [2.05, 4.69) is 16.8 Å². The Morgan fingerprint density at radius 2 is 2.38 bits per heavy atom. The van der Waals surface area contributed by atoms with Gasteiger partial charge in [0.2, 0.25) is 0 Å². The molecule has 0 amide bonds. The normalized spacial score (nSPS) is 11.6. The first-order valence-electron chi connectivity index (χ1n) is 3.93. The van der Waals surface area contributed by atoms with Gasteiger partial charge < -0.3 is 5.11 Å². The first kappa shape index (κ1) is 9.69. The molecule has 1 N–H and O–H groups in total. The zero-order valence-corrected chi connectivity index (χ0v) is 7.29. The van der Waals surface area contributed by atoms with E-state index in [0.29, 0.717) is 12.1 Å². The van der Waals surface area contributed by atoms with Crippen LogP contribution in [0.5, 0.6) is 0 Å². The topological polar surface area (TPSA) is 33.1 Å². The van der Waals surface area contributed by atoms with Gasteiger partial charge in [-0.2, -0.15) is 0 Å². The second kappa shape index (κ2) is 4.58. The van der Waals surface area contributed by atoms with E-state index in [9.17, 15) is 9.50 Å². The molecule has 1 aromatic heterocycles. The van der Waals surface area contributed by atoms with Crippen molar-refractivity contribution in [2.24, 2.45) is 0 Å². The summed E-state index contributed by atoms with van der Waals surface area (Å²) in [5, 5.41) is 9.46. The van der Waals surface area contributed by atoms with Crippen molar-refractivity contribution in [1.82, 2.24) is 4.98 Å². The minimum absolute atomic E-state index is 0.329. The third-order valence-corrected chi connectivity index (χ3v) is 1.56. The summed E-state index contributed by atoms with van der Waals surface area (Å²) in [5.74, 6) is 4.99. The van der Waals surface area contributed by atoms with Gasteiger partial charge in [-0.3, -0.25) is 4.98 Å². The van der Waals surface area contributed by atoms with Crippen molar-refractivity contribution in [1.29, 1.82) is 0 Å². The van der Waals surface area contributed by atoms with Crippen LogP contribution in [0.3, 0.4) is 0 Å². The van der Waals surface area contributed by atoms with Crippen LogP contribution in [0.15, 0.2) is 18.3 Å². The minimum Gasteiger partial charge on any atom is -0.386 e. The van der Waals surface area contributed by atoms with E-state index in [4.69, 9.17) is 0 Å². The van der Waals surface area contributed by atoms with Crippen LogP contribution in [0.25, 0.3) is 0 Å². The van der Waals surface area contributed by atoms with Gasteiger partial charge in [-0.15, -0.1) is 11.8 Å². The number of hydrogen-bond acceptors (Lipinski definition) is 2. The number of halogens is 1. The highest BCUT2D eigenvalue weighted by Crippen LogP contribution is 2.12. The lowest BCUT2D eigenvalue weighted by Gasteiger charge is -2.04. The molecule has 0 saturated heterocycles. The maximum Gasteiger partial charge on any atom is 0.141 e. The lowest BCUT2D eigenvalue weighted by Crippen LogP contribution is -1.99. The number of hydrogen-bond donors (Lipinski definition) is 1. The van der Waals surface area contributed by atoms with E-state index in [1.54, 1.807) is 6.92 Å². The van der Waals surface area contributed by atoms with E-state index in [-0.39, 0.29) is 0 Å². The summed E-state index contributed by atoms with van der Waals surface area (Å²) in [7, 11) is 0. The van der Waals surface area contributed by atoms with Crippen molar-refractivity contribution < 1.29 is 9.50 Å². The van der Waals surface area contributed by atoms with Crippen LogP contribution >= 0.6 is 0 Å². The Morgan fingerprint density at radius 1 is 1.62 bits per heavy atom. The van der Waals surface area contributed by atoms with Gasteiger partial charge in [0, 0.05) is 6.42 Å². The van der Waals surface area contributed by atoms with Gasteiger partial charge in [0.05, 0.1) is 11.9 Å². The highest BCUT2D eigenvalue weighted by atomic mass is 19.1. The van der Waals surface area contributed by atoms with Crippen molar-refractivity contribution in [3.8, 4) is 11.8 Å². The number of aromatic nitrogens is 1. The molecule has 0 fully saturated rings. The summed E-state index contributed by atoms with van der Waals surface area (Å²) in [4.78, 5) is 3.74. The summed E-state index contributed by atoms with van der Waals surface area (Å²) >= 11 is 0. The summed E-state index contributed by atoms with van der Waals surface area (Å²) in [6.45, 7) is 1.70. The molecule has 0 aromatic carbocycles. The third-order valence-electron chi connectivity index (χ3n) is 1.56. The molecule has 1 aromatic rings. The quantitative estimate of drug-likeness (QED) is 0.700. The molecule has 68 valence electrons. The predicted molar refractivity (Wildman–Crippen MR) is 47.2 cm³/mol. The molecule has 1 atom stereocenters. The van der Waals surface area contributed by atoms with Crippen LogP contribution in [0.1, 0.15) is 25.1 Å². The SMILES string of the molecule is CC#CCC(O)c1ccc(F)cn1. The molecule has 1 rings (SSSR count). The highest BCUT2D eigenvalue weighted by molar-refractivity contribution is 5.10. The van der Waals surface area contributed by atoms with Gasteiger partial charge >= 0.3 is 0 Å². The van der Waals surface area contributed by atoms with Crippen LogP contribution in [-0.4, -0.2) is 10.1 Å². The van der Waals surface area contributed by atoms with Crippen LogP contribution in [0.4, 0.5) is 4.39 Å². The summed E-state index contributed by atoms with van der Waals surface area (Å²) in [6.07, 6.45) is 0.681. The third kappa shape index (κ3) is 2.85. The summed E-state index contributed by atoms with van der Waals surface area (Å²) in [5.41, 5.74) is 0.448. The average molecular weight is 179 g/mol. The van der Waals surface area contributed by atoms with Crippen molar-refractivity contribution in [2.45, 2.75) is 19.4 Å². The maximum atomic E-state index is 12.4. The van der Waals surface area contributed by atoms with E-state index in [0.717, 1.165) is 6.20 Å². The van der Waals surface area contributed by atoms with Crippen LogP contribution in [0.2, 0.25) is 0 Å². The zero-order valence-electron chi connectivity index (χ0n) is 7.29. The molecule has 0 aliphatic carbocycles. The van der Waals surface area contributed by atoms with Crippen LogP contribution in [0, 0.1) is 17.7 Å². The molecule has 0 spiro atoms. The van der Waals surface area contributed by atoms with Gasteiger partial charge in [0.25, 0.3) is 0 Å². The van der Waals surface area contributed by atoms with E-state index >= 15 is 0 Å². The second-order valence-corrected chi connectivity index (χ2v) is 2.55. The molecule has 1 unspecified atom stereocenters. The minimum atomic E-state index is -0.729. The van der Waals surface area contributed by atoms with E-state index < -0.39 is 11.9 Å². The number of pyridine rings is 1.